The molecule has 0 atom stereocenters. The van der Waals surface area contributed by atoms with Crippen LogP contribution in [0, 0.1) is 11.3 Å². The Bertz CT molecular complexity index is 993. The molecule has 0 saturated heterocycles. The Kier molecular flexibility index (Phi) is 3.47. The molecule has 0 spiro atoms. The van der Waals surface area contributed by atoms with Gasteiger partial charge in [-0.3, -0.25) is 0 Å². The van der Waals surface area contributed by atoms with E-state index in [0.717, 1.165) is 28.8 Å². The fraction of sp³-hybridized carbons (Fsp3) is 0.150. The lowest BCUT2D eigenvalue weighted by Gasteiger charge is -2.01. The van der Waals surface area contributed by atoms with Crippen LogP contribution in [0.1, 0.15) is 18.1 Å². The van der Waals surface area contributed by atoms with Gasteiger partial charge in [0.2, 0.25) is 6.79 Å². The van der Waals surface area contributed by atoms with Crippen LogP contribution in [0.15, 0.2) is 48.7 Å². The molecule has 1 aliphatic rings. The topological polar surface area (TPSA) is 47.2 Å². The molecule has 4 nitrogen and oxygen atoms in total. The van der Waals surface area contributed by atoms with Gasteiger partial charge in [-0.15, -0.1) is 0 Å². The van der Waals surface area contributed by atoms with Gasteiger partial charge in [0.25, 0.3) is 0 Å². The number of nitriles is 1. The van der Waals surface area contributed by atoms with Crippen LogP contribution in [0.4, 0.5) is 0 Å². The number of aromatic nitrogens is 1. The first kappa shape index (κ1) is 14.4. The van der Waals surface area contributed by atoms with E-state index in [1.807, 2.05) is 36.4 Å². The summed E-state index contributed by atoms with van der Waals surface area (Å²) in [6.45, 7) is 3.23. The van der Waals surface area contributed by atoms with Crippen molar-refractivity contribution >= 4 is 22.6 Å². The molecule has 0 amide bonds. The van der Waals surface area contributed by atoms with Crippen molar-refractivity contribution in [1.29, 1.82) is 5.26 Å². The number of aryl methyl sites for hydroxylation is 1. The van der Waals surface area contributed by atoms with E-state index in [4.69, 9.17) is 9.47 Å². The Morgan fingerprint density at radius 3 is 2.88 bits per heavy atom. The van der Waals surface area contributed by atoms with Crippen LogP contribution in [0.25, 0.3) is 22.6 Å². The molecule has 1 aliphatic heterocycles. The summed E-state index contributed by atoms with van der Waals surface area (Å²) in [7, 11) is 0. The molecule has 0 N–H and O–H groups in total. The first-order valence-corrected chi connectivity index (χ1v) is 7.90. The molecule has 0 aliphatic carbocycles. The largest absolute Gasteiger partial charge is 0.454 e. The minimum Gasteiger partial charge on any atom is -0.454 e. The summed E-state index contributed by atoms with van der Waals surface area (Å²) >= 11 is 0. The van der Waals surface area contributed by atoms with Crippen LogP contribution in [0.2, 0.25) is 0 Å². The molecule has 2 heterocycles. The van der Waals surface area contributed by atoms with Crippen molar-refractivity contribution in [3.63, 3.8) is 0 Å². The molecular weight excluding hydrogens is 300 g/mol. The van der Waals surface area contributed by atoms with Gasteiger partial charge in [0.15, 0.2) is 11.5 Å². The number of nitrogens with zero attached hydrogens (tertiary/aromatic N) is 2. The molecule has 2 aromatic carbocycles. The third-order valence-electron chi connectivity index (χ3n) is 4.26. The van der Waals surface area contributed by atoms with Crippen LogP contribution in [0.3, 0.4) is 0 Å². The number of hydrogen-bond acceptors (Lipinski definition) is 3. The summed E-state index contributed by atoms with van der Waals surface area (Å²) in [4.78, 5) is 0. The van der Waals surface area contributed by atoms with E-state index in [-0.39, 0.29) is 6.79 Å². The molecule has 24 heavy (non-hydrogen) atoms. The van der Waals surface area contributed by atoms with E-state index in [1.165, 1.54) is 5.52 Å². The van der Waals surface area contributed by atoms with Crippen molar-refractivity contribution in [3.8, 4) is 17.6 Å². The second kappa shape index (κ2) is 5.78. The van der Waals surface area contributed by atoms with E-state index < -0.39 is 0 Å². The predicted octanol–water partition coefficient (Wildman–Crippen LogP) is 4.45. The minimum atomic E-state index is 0.231. The highest BCUT2D eigenvalue weighted by Gasteiger charge is 2.15. The van der Waals surface area contributed by atoms with Gasteiger partial charge in [-0.1, -0.05) is 18.2 Å². The lowest BCUT2D eigenvalue weighted by molar-refractivity contribution is 0.174. The highest BCUT2D eigenvalue weighted by atomic mass is 16.7. The van der Waals surface area contributed by atoms with Gasteiger partial charge in [-0.2, -0.15) is 5.26 Å². The highest BCUT2D eigenvalue weighted by Crippen LogP contribution is 2.35. The fourth-order valence-corrected chi connectivity index (χ4v) is 3.05. The number of benzene rings is 2. The summed E-state index contributed by atoms with van der Waals surface area (Å²) in [5.41, 5.74) is 3.65. The monoisotopic (exact) mass is 316 g/mol. The van der Waals surface area contributed by atoms with Crippen LogP contribution < -0.4 is 9.47 Å². The molecule has 3 aromatic rings. The lowest BCUT2D eigenvalue weighted by Crippen LogP contribution is -1.92. The van der Waals surface area contributed by atoms with E-state index in [2.05, 4.69) is 35.9 Å². The first-order valence-electron chi connectivity index (χ1n) is 7.90. The summed E-state index contributed by atoms with van der Waals surface area (Å²) in [6.07, 6.45) is 4.03. The Morgan fingerprint density at radius 1 is 1.21 bits per heavy atom. The second-order valence-electron chi connectivity index (χ2n) is 5.63. The maximum absolute atomic E-state index is 9.63. The number of allylic oxidation sites excluding steroid dienone is 1. The summed E-state index contributed by atoms with van der Waals surface area (Å²) in [5, 5.41) is 10.8. The quantitative estimate of drug-likeness (QED) is 0.670. The molecule has 4 heteroatoms. The third kappa shape index (κ3) is 2.31. The Balaban J connectivity index is 1.83. The normalized spacial score (nSPS) is 13.2. The van der Waals surface area contributed by atoms with Gasteiger partial charge < -0.3 is 14.0 Å². The second-order valence-corrected chi connectivity index (χ2v) is 5.63. The molecule has 0 radical (unpaired) electrons. The summed E-state index contributed by atoms with van der Waals surface area (Å²) in [6, 6.07) is 16.1. The fourth-order valence-electron chi connectivity index (χ4n) is 3.05. The molecule has 0 saturated carbocycles. The number of rotatable bonds is 3. The van der Waals surface area contributed by atoms with Crippen molar-refractivity contribution in [2.24, 2.45) is 0 Å². The van der Waals surface area contributed by atoms with Crippen LogP contribution >= 0.6 is 0 Å². The zero-order valence-corrected chi connectivity index (χ0v) is 13.3. The van der Waals surface area contributed by atoms with Crippen LogP contribution in [0.5, 0.6) is 11.5 Å². The van der Waals surface area contributed by atoms with Crippen molar-refractivity contribution in [2.75, 3.05) is 6.79 Å². The molecule has 118 valence electrons. The Hall–Kier alpha value is -3.19. The standard InChI is InChI=1S/C20H16N2O2/c1-2-22-12-16(17-5-3-4-6-18(17)22)9-15(11-21)14-7-8-19-20(10-14)24-13-23-19/h3-10,12H,2,13H2,1H3/b15-9-. The zero-order valence-electron chi connectivity index (χ0n) is 13.3. The smallest absolute Gasteiger partial charge is 0.231 e. The van der Waals surface area contributed by atoms with E-state index >= 15 is 0 Å². The molecular formula is C20H16N2O2. The maximum atomic E-state index is 9.63. The van der Waals surface area contributed by atoms with E-state index in [9.17, 15) is 5.26 Å². The number of fused-ring (bicyclic) bond motifs is 2. The predicted molar refractivity (Wildman–Crippen MR) is 93.7 cm³/mol. The SMILES string of the molecule is CCn1cc(/C=C(/C#N)c2ccc3c(c2)OCO3)c2ccccc21. The van der Waals surface area contributed by atoms with Crippen molar-refractivity contribution in [1.82, 2.24) is 4.57 Å². The molecule has 0 fully saturated rings. The van der Waals surface area contributed by atoms with Crippen LogP contribution in [-0.2, 0) is 6.54 Å². The number of hydrogen-bond donors (Lipinski definition) is 0. The van der Waals surface area contributed by atoms with Gasteiger partial charge in [0.1, 0.15) is 0 Å². The van der Waals surface area contributed by atoms with Crippen LogP contribution in [-0.4, -0.2) is 11.4 Å². The lowest BCUT2D eigenvalue weighted by atomic mass is 10.0. The van der Waals surface area contributed by atoms with Gasteiger partial charge in [0.05, 0.1) is 11.6 Å². The number of ether oxygens (including phenoxy) is 2. The molecule has 1 aromatic heterocycles. The zero-order chi connectivity index (χ0) is 16.5. The summed E-state index contributed by atoms with van der Waals surface area (Å²) < 4.78 is 12.9. The minimum absolute atomic E-state index is 0.231. The molecule has 0 unspecified atom stereocenters. The molecule has 0 bridgehead atoms. The maximum Gasteiger partial charge on any atom is 0.231 e. The molecule has 4 rings (SSSR count). The van der Waals surface area contributed by atoms with Gasteiger partial charge in [-0.25, -0.2) is 0 Å². The average molecular weight is 316 g/mol. The first-order chi connectivity index (χ1) is 11.8. The average Bonchev–Trinajstić information content (AvgIpc) is 3.23. The van der Waals surface area contributed by atoms with Gasteiger partial charge in [0, 0.05) is 29.2 Å². The highest BCUT2D eigenvalue weighted by molar-refractivity contribution is 5.98. The van der Waals surface area contributed by atoms with Crippen molar-refractivity contribution in [3.05, 3.63) is 59.8 Å². The van der Waals surface area contributed by atoms with Gasteiger partial charge in [-0.05, 0) is 42.8 Å². The Labute approximate surface area is 140 Å². The van der Waals surface area contributed by atoms with Crippen molar-refractivity contribution < 1.29 is 9.47 Å². The van der Waals surface area contributed by atoms with Gasteiger partial charge >= 0.3 is 0 Å². The third-order valence-corrected chi connectivity index (χ3v) is 4.26. The van der Waals surface area contributed by atoms with E-state index in [1.54, 1.807) is 0 Å². The van der Waals surface area contributed by atoms with Crippen molar-refractivity contribution in [2.45, 2.75) is 13.5 Å². The Morgan fingerprint density at radius 2 is 2.04 bits per heavy atom. The van der Waals surface area contributed by atoms with E-state index in [0.29, 0.717) is 11.3 Å². The summed E-state index contributed by atoms with van der Waals surface area (Å²) in [5.74, 6) is 1.41. The number of para-hydroxylation sites is 1.